The van der Waals surface area contributed by atoms with Crippen LogP contribution in [0.2, 0.25) is 0 Å². The van der Waals surface area contributed by atoms with E-state index in [1.807, 2.05) is 0 Å². The molecule has 0 saturated carbocycles. The molecule has 0 aromatic heterocycles. The summed E-state index contributed by atoms with van der Waals surface area (Å²) in [6.07, 6.45) is -0.706. The van der Waals surface area contributed by atoms with Crippen molar-refractivity contribution in [2.24, 2.45) is 0 Å². The first-order valence-electron chi connectivity index (χ1n) is 3.26. The van der Waals surface area contributed by atoms with Gasteiger partial charge in [-0.2, -0.15) is 0 Å². The Hall–Kier alpha value is -0.630. The molecule has 0 saturated heterocycles. The maximum Gasteiger partial charge on any atom is 1.00 e. The van der Waals surface area contributed by atoms with Crippen molar-refractivity contribution in [3.63, 3.8) is 0 Å². The minimum Gasteiger partial charge on any atom is -0.641 e. The molecule has 0 heterocycles. The zero-order valence-electron chi connectivity index (χ0n) is 7.51. The van der Waals surface area contributed by atoms with Gasteiger partial charge in [0, 0.05) is 6.42 Å². The molecule has 0 aromatic carbocycles. The van der Waals surface area contributed by atoms with Crippen LogP contribution in [0.3, 0.4) is 0 Å². The number of hydrogen-bond donors (Lipinski definition) is 3. The normalized spacial score (nSPS) is 11.1. The summed E-state index contributed by atoms with van der Waals surface area (Å²) in [5.74, 6) is -4.07. The van der Waals surface area contributed by atoms with Gasteiger partial charge in [-0.05, 0) is 12.6 Å². The number of carbonyl (C=O) groups is 3. The monoisotopic (exact) mass is 213 g/mol. The third kappa shape index (κ3) is 7.99. The molecule has 3 N–H and O–H groups in total. The van der Waals surface area contributed by atoms with Crippen molar-refractivity contribution in [3.8, 4) is 0 Å². The smallest absolute Gasteiger partial charge is 0.641 e. The van der Waals surface area contributed by atoms with Crippen LogP contribution >= 0.6 is 0 Å². The fourth-order valence-electron chi connectivity index (χ4n) is 0.584. The van der Waals surface area contributed by atoms with Crippen molar-refractivity contribution < 1.29 is 59.3 Å². The first kappa shape index (κ1) is 15.8. The van der Waals surface area contributed by atoms with Gasteiger partial charge < -0.3 is 20.6 Å². The maximum absolute atomic E-state index is 10.3. The topological polar surface area (TPSA) is 126 Å². The summed E-state index contributed by atoms with van der Waals surface area (Å²) in [5, 5.41) is 27.9. The Balaban J connectivity index is 0. The Morgan fingerprint density at radius 2 is 1.57 bits per heavy atom. The Morgan fingerprint density at radius 3 is 1.86 bits per heavy atom. The molecule has 1 atom stereocenters. The van der Waals surface area contributed by atoms with Gasteiger partial charge in [0.15, 0.2) is 0 Å². The molecule has 14 heavy (non-hydrogen) atoms. The molecule has 0 fully saturated rings. The zero-order chi connectivity index (χ0) is 10.4. The quantitative estimate of drug-likeness (QED) is 0.391. The Morgan fingerprint density at radius 1 is 1.07 bits per heavy atom. The SMILES string of the molecule is O=C(O)C[N-]C(CC(=O)O)C(=O)O.[Na+]. The van der Waals surface area contributed by atoms with Gasteiger partial charge in [0.1, 0.15) is 0 Å². The van der Waals surface area contributed by atoms with E-state index < -0.39 is 36.9 Å². The fraction of sp³-hybridized carbons (Fsp3) is 0.500. The van der Waals surface area contributed by atoms with Crippen LogP contribution < -0.4 is 29.6 Å². The molecule has 0 aliphatic heterocycles. The van der Waals surface area contributed by atoms with Crippen LogP contribution in [0.15, 0.2) is 0 Å². The van der Waals surface area contributed by atoms with Gasteiger partial charge >= 0.3 is 35.5 Å². The number of carboxylic acid groups (broad SMARTS) is 3. The van der Waals surface area contributed by atoms with E-state index in [9.17, 15) is 14.4 Å². The number of hydrogen-bond acceptors (Lipinski definition) is 3. The van der Waals surface area contributed by atoms with Crippen molar-refractivity contribution in [3.05, 3.63) is 5.32 Å². The zero-order valence-corrected chi connectivity index (χ0v) is 9.51. The summed E-state index contributed by atoms with van der Waals surface area (Å²) < 4.78 is 0. The van der Waals surface area contributed by atoms with Crippen LogP contribution in [0.1, 0.15) is 6.42 Å². The van der Waals surface area contributed by atoms with E-state index in [1.54, 1.807) is 0 Å². The van der Waals surface area contributed by atoms with E-state index in [0.717, 1.165) is 0 Å². The number of rotatable bonds is 6. The molecule has 0 spiro atoms. The molecular weight excluding hydrogens is 205 g/mol. The van der Waals surface area contributed by atoms with E-state index in [-0.39, 0.29) is 29.6 Å². The second-order valence-corrected chi connectivity index (χ2v) is 2.19. The standard InChI is InChI=1S/C6H8NO6.Na/c8-4(9)1-3(6(12)13)7-2-5(10)11;/h3H,1-2H2,(H,8,9)(H,10,11)(H,12,13);/q-1;+1. The van der Waals surface area contributed by atoms with Crippen molar-refractivity contribution in [2.75, 3.05) is 6.54 Å². The van der Waals surface area contributed by atoms with Gasteiger partial charge in [-0.1, -0.05) is 0 Å². The number of aliphatic carboxylic acids is 3. The predicted molar refractivity (Wildman–Crippen MR) is 39.5 cm³/mol. The van der Waals surface area contributed by atoms with Gasteiger partial charge in [-0.25, -0.2) is 0 Å². The number of nitrogens with zero attached hydrogens (tertiary/aromatic N) is 1. The summed E-state index contributed by atoms with van der Waals surface area (Å²) >= 11 is 0. The maximum atomic E-state index is 10.3. The summed E-state index contributed by atoms with van der Waals surface area (Å²) in [6, 6.07) is -1.49. The van der Waals surface area contributed by atoms with Crippen molar-refractivity contribution >= 4 is 17.9 Å². The Bertz CT molecular complexity index is 230. The first-order valence-corrected chi connectivity index (χ1v) is 3.26. The van der Waals surface area contributed by atoms with Crippen molar-refractivity contribution in [1.82, 2.24) is 0 Å². The average molecular weight is 213 g/mol. The summed E-state index contributed by atoms with van der Waals surface area (Å²) in [4.78, 5) is 30.4. The molecule has 7 nitrogen and oxygen atoms in total. The van der Waals surface area contributed by atoms with Gasteiger partial charge in [-0.15, -0.1) is 0 Å². The van der Waals surface area contributed by atoms with Crippen LogP contribution in [0, 0.1) is 0 Å². The third-order valence-electron chi connectivity index (χ3n) is 1.10. The van der Waals surface area contributed by atoms with Gasteiger partial charge in [-0.3, -0.25) is 14.4 Å². The molecule has 0 bridgehead atoms. The largest absolute Gasteiger partial charge is 1.00 e. The van der Waals surface area contributed by atoms with Crippen molar-refractivity contribution in [2.45, 2.75) is 12.5 Å². The molecule has 0 amide bonds. The molecule has 0 aliphatic rings. The third-order valence-corrected chi connectivity index (χ3v) is 1.10. The van der Waals surface area contributed by atoms with E-state index in [2.05, 4.69) is 5.32 Å². The molecule has 0 rings (SSSR count). The second kappa shape index (κ2) is 7.74. The minimum atomic E-state index is -1.49. The van der Waals surface area contributed by atoms with Gasteiger partial charge in [0.05, 0.1) is 0 Å². The van der Waals surface area contributed by atoms with Crippen LogP contribution in [0.5, 0.6) is 0 Å². The molecule has 8 heteroatoms. The minimum absolute atomic E-state index is 0. The molecule has 0 radical (unpaired) electrons. The second-order valence-electron chi connectivity index (χ2n) is 2.19. The Kier molecular flexibility index (Phi) is 8.75. The van der Waals surface area contributed by atoms with Crippen LogP contribution in [-0.4, -0.2) is 45.8 Å². The first-order chi connectivity index (χ1) is 5.93. The van der Waals surface area contributed by atoms with E-state index in [4.69, 9.17) is 15.3 Å². The molecule has 1 unspecified atom stereocenters. The van der Waals surface area contributed by atoms with Gasteiger partial charge in [0.25, 0.3) is 11.9 Å². The van der Waals surface area contributed by atoms with E-state index >= 15 is 0 Å². The summed E-state index contributed by atoms with van der Waals surface area (Å²) in [5.41, 5.74) is 0. The predicted octanol–water partition coefficient (Wildman–Crippen LogP) is -3.62. The molecule has 0 aromatic rings. The molecule has 0 aliphatic carbocycles. The Labute approximate surface area is 101 Å². The van der Waals surface area contributed by atoms with Crippen LogP contribution in [0.4, 0.5) is 0 Å². The summed E-state index contributed by atoms with van der Waals surface area (Å²) in [7, 11) is 0. The van der Waals surface area contributed by atoms with E-state index in [1.165, 1.54) is 0 Å². The molecule has 74 valence electrons. The number of carboxylic acids is 3. The molecular formula is C6H8NNaO6. The van der Waals surface area contributed by atoms with Crippen LogP contribution in [-0.2, 0) is 14.4 Å². The van der Waals surface area contributed by atoms with Crippen molar-refractivity contribution in [1.29, 1.82) is 0 Å². The van der Waals surface area contributed by atoms with Gasteiger partial charge in [0.2, 0.25) is 0 Å². The fourth-order valence-corrected chi connectivity index (χ4v) is 0.584. The van der Waals surface area contributed by atoms with E-state index in [0.29, 0.717) is 0 Å². The summed E-state index contributed by atoms with van der Waals surface area (Å²) in [6.45, 7) is -0.704. The average Bonchev–Trinajstić information content (AvgIpc) is 1.96. The van der Waals surface area contributed by atoms with Crippen LogP contribution in [0.25, 0.3) is 5.32 Å².